The Labute approximate surface area is 151 Å². The summed E-state index contributed by atoms with van der Waals surface area (Å²) in [7, 11) is 0. The van der Waals surface area contributed by atoms with Gasteiger partial charge in [0, 0.05) is 5.56 Å². The smallest absolute Gasteiger partial charge is 0.341 e. The van der Waals surface area contributed by atoms with Gasteiger partial charge >= 0.3 is 5.97 Å². The first-order valence-corrected chi connectivity index (χ1v) is 7.90. The number of nitrogens with zero attached hydrogens (tertiary/aromatic N) is 1. The lowest BCUT2D eigenvalue weighted by Crippen LogP contribution is -2.24. The highest BCUT2D eigenvalue weighted by Crippen LogP contribution is 2.16. The molecule has 7 heteroatoms. The summed E-state index contributed by atoms with van der Waals surface area (Å²) in [5, 5.41) is 12.5. The summed E-state index contributed by atoms with van der Waals surface area (Å²) < 4.78 is 10.6. The number of hydrogen-bond acceptors (Lipinski definition) is 5. The zero-order chi connectivity index (χ0) is 18.9. The molecule has 7 nitrogen and oxygen atoms in total. The Morgan fingerprint density at radius 1 is 1.08 bits per heavy atom. The molecule has 2 N–H and O–H groups in total. The van der Waals surface area contributed by atoms with E-state index in [9.17, 15) is 9.59 Å². The maximum absolute atomic E-state index is 11.8. The quantitative estimate of drug-likeness (QED) is 0.559. The fraction of sp³-hybridized carbons (Fsp3) is 0.211. The summed E-state index contributed by atoms with van der Waals surface area (Å²) in [4.78, 5) is 22.4. The second kappa shape index (κ2) is 9.22. The van der Waals surface area contributed by atoms with Crippen molar-refractivity contribution < 1.29 is 24.2 Å². The second-order valence-electron chi connectivity index (χ2n) is 5.63. The number of nitrogens with one attached hydrogen (secondary N) is 1. The lowest BCUT2D eigenvalue weighted by Gasteiger charge is -2.08. The van der Waals surface area contributed by atoms with Crippen molar-refractivity contribution in [2.75, 3.05) is 13.2 Å². The number of carboxylic acid groups (broad SMARTS) is 1. The maximum atomic E-state index is 11.8. The molecule has 0 saturated carbocycles. The zero-order valence-corrected chi connectivity index (χ0v) is 14.6. The fourth-order valence-corrected chi connectivity index (χ4v) is 2.23. The van der Waals surface area contributed by atoms with Gasteiger partial charge in [-0.2, -0.15) is 5.10 Å². The molecule has 26 heavy (non-hydrogen) atoms. The number of ether oxygens (including phenoxy) is 2. The number of hydrazone groups is 1. The van der Waals surface area contributed by atoms with Gasteiger partial charge < -0.3 is 14.6 Å². The van der Waals surface area contributed by atoms with Gasteiger partial charge in [0.05, 0.1) is 6.21 Å². The van der Waals surface area contributed by atoms with Crippen molar-refractivity contribution in [3.05, 3.63) is 59.2 Å². The molecular formula is C19H20N2O5. The summed E-state index contributed by atoms with van der Waals surface area (Å²) in [5.41, 5.74) is 5.01. The van der Waals surface area contributed by atoms with Crippen LogP contribution in [0.5, 0.6) is 11.5 Å². The molecule has 0 aromatic heterocycles. The van der Waals surface area contributed by atoms with E-state index in [1.165, 1.54) is 6.21 Å². The number of aryl methyl sites for hydroxylation is 2. The van der Waals surface area contributed by atoms with Crippen molar-refractivity contribution in [3.63, 3.8) is 0 Å². The van der Waals surface area contributed by atoms with Crippen LogP contribution in [0.25, 0.3) is 0 Å². The minimum Gasteiger partial charge on any atom is -0.484 e. The van der Waals surface area contributed by atoms with Crippen LogP contribution in [0.15, 0.2) is 47.6 Å². The van der Waals surface area contributed by atoms with Gasteiger partial charge in [-0.25, -0.2) is 10.2 Å². The van der Waals surface area contributed by atoms with Gasteiger partial charge in [0.15, 0.2) is 13.2 Å². The Morgan fingerprint density at radius 3 is 2.46 bits per heavy atom. The lowest BCUT2D eigenvalue weighted by molar-refractivity contribution is -0.139. The molecule has 136 valence electrons. The Hall–Kier alpha value is -3.35. The monoisotopic (exact) mass is 356 g/mol. The number of hydrogen-bond donors (Lipinski definition) is 2. The molecule has 0 unspecified atom stereocenters. The van der Waals surface area contributed by atoms with Crippen LogP contribution >= 0.6 is 0 Å². The van der Waals surface area contributed by atoms with E-state index in [0.29, 0.717) is 17.1 Å². The van der Waals surface area contributed by atoms with Crippen LogP contribution in [0.1, 0.15) is 16.7 Å². The topological polar surface area (TPSA) is 97.2 Å². The van der Waals surface area contributed by atoms with Gasteiger partial charge in [-0.1, -0.05) is 18.2 Å². The minimum absolute atomic E-state index is 0.169. The maximum Gasteiger partial charge on any atom is 0.341 e. The lowest BCUT2D eigenvalue weighted by atomic mass is 10.1. The van der Waals surface area contributed by atoms with E-state index in [0.717, 1.165) is 11.1 Å². The molecule has 2 aromatic rings. The van der Waals surface area contributed by atoms with Gasteiger partial charge in [0.1, 0.15) is 11.5 Å². The van der Waals surface area contributed by atoms with Crippen LogP contribution in [0, 0.1) is 13.8 Å². The molecule has 0 spiro atoms. The molecule has 0 fully saturated rings. The highest BCUT2D eigenvalue weighted by molar-refractivity contribution is 5.85. The third-order valence-corrected chi connectivity index (χ3v) is 3.23. The number of benzene rings is 2. The standard InChI is InChI=1S/C19H20N2O5/c1-13-7-14(2)9-16(8-13)25-11-18(22)21-20-10-15-5-3-4-6-17(15)26-12-19(23)24/h3-10H,11-12H2,1-2H3,(H,21,22)(H,23,24). The molecule has 1 amide bonds. The zero-order valence-electron chi connectivity index (χ0n) is 14.6. The average Bonchev–Trinajstić information content (AvgIpc) is 2.58. The van der Waals surface area contributed by atoms with Gasteiger partial charge in [-0.15, -0.1) is 0 Å². The van der Waals surface area contributed by atoms with E-state index in [1.54, 1.807) is 24.3 Å². The van der Waals surface area contributed by atoms with E-state index >= 15 is 0 Å². The Bertz CT molecular complexity index is 797. The number of rotatable bonds is 8. The van der Waals surface area contributed by atoms with Gasteiger partial charge in [0.2, 0.25) is 0 Å². The van der Waals surface area contributed by atoms with E-state index < -0.39 is 18.5 Å². The van der Waals surface area contributed by atoms with E-state index in [4.69, 9.17) is 14.6 Å². The number of para-hydroxylation sites is 1. The third-order valence-electron chi connectivity index (χ3n) is 3.23. The molecular weight excluding hydrogens is 336 g/mol. The van der Waals surface area contributed by atoms with E-state index in [1.807, 2.05) is 32.0 Å². The molecule has 2 rings (SSSR count). The van der Waals surface area contributed by atoms with Crippen LogP contribution in [0.3, 0.4) is 0 Å². The van der Waals surface area contributed by atoms with E-state index in [-0.39, 0.29) is 6.61 Å². The third kappa shape index (κ3) is 6.27. The van der Waals surface area contributed by atoms with Crippen LogP contribution < -0.4 is 14.9 Å². The Kier molecular flexibility index (Phi) is 6.73. The molecule has 0 radical (unpaired) electrons. The number of carboxylic acids is 1. The fourth-order valence-electron chi connectivity index (χ4n) is 2.23. The van der Waals surface area contributed by atoms with Gasteiger partial charge in [-0.05, 0) is 49.2 Å². The van der Waals surface area contributed by atoms with Crippen molar-refractivity contribution in [3.8, 4) is 11.5 Å². The highest BCUT2D eigenvalue weighted by atomic mass is 16.5. The predicted octanol–water partition coefficient (Wildman–Crippen LogP) is 2.30. The van der Waals surface area contributed by atoms with Crippen molar-refractivity contribution in [2.24, 2.45) is 5.10 Å². The average molecular weight is 356 g/mol. The van der Waals surface area contributed by atoms with Crippen LogP contribution in [0.2, 0.25) is 0 Å². The number of aliphatic carboxylic acids is 1. The molecule has 0 aliphatic rings. The molecule has 0 atom stereocenters. The summed E-state index contributed by atoms with van der Waals surface area (Å²) in [6, 6.07) is 12.5. The summed E-state index contributed by atoms with van der Waals surface area (Å²) in [6.07, 6.45) is 1.38. The van der Waals surface area contributed by atoms with Crippen LogP contribution in [-0.4, -0.2) is 36.4 Å². The van der Waals surface area contributed by atoms with Crippen molar-refractivity contribution in [2.45, 2.75) is 13.8 Å². The minimum atomic E-state index is -1.08. The largest absolute Gasteiger partial charge is 0.484 e. The first kappa shape index (κ1) is 19.0. The SMILES string of the molecule is Cc1cc(C)cc(OCC(=O)NN=Cc2ccccc2OCC(=O)O)c1. The van der Waals surface area contributed by atoms with Gasteiger partial charge in [-0.3, -0.25) is 4.79 Å². The Morgan fingerprint density at radius 2 is 1.77 bits per heavy atom. The normalized spacial score (nSPS) is 10.5. The summed E-state index contributed by atoms with van der Waals surface area (Å²) >= 11 is 0. The van der Waals surface area contributed by atoms with E-state index in [2.05, 4.69) is 10.5 Å². The molecule has 0 aliphatic carbocycles. The molecule has 0 aliphatic heterocycles. The molecule has 0 heterocycles. The van der Waals surface area contributed by atoms with Crippen LogP contribution in [-0.2, 0) is 9.59 Å². The second-order valence-corrected chi connectivity index (χ2v) is 5.63. The van der Waals surface area contributed by atoms with Crippen LogP contribution in [0.4, 0.5) is 0 Å². The van der Waals surface area contributed by atoms with Crippen molar-refractivity contribution in [1.29, 1.82) is 0 Å². The number of carbonyl (C=O) groups excluding carboxylic acids is 1. The molecule has 2 aromatic carbocycles. The molecule has 0 bridgehead atoms. The first-order valence-electron chi connectivity index (χ1n) is 7.90. The Balaban J connectivity index is 1.88. The summed E-state index contributed by atoms with van der Waals surface area (Å²) in [5.74, 6) is -0.508. The highest BCUT2D eigenvalue weighted by Gasteiger charge is 2.05. The van der Waals surface area contributed by atoms with Gasteiger partial charge in [0.25, 0.3) is 5.91 Å². The predicted molar refractivity (Wildman–Crippen MR) is 96.7 cm³/mol. The number of carbonyl (C=O) groups is 2. The van der Waals surface area contributed by atoms with Crippen molar-refractivity contribution in [1.82, 2.24) is 5.43 Å². The molecule has 0 saturated heterocycles. The number of amides is 1. The first-order chi connectivity index (χ1) is 12.4. The summed E-state index contributed by atoms with van der Waals surface area (Å²) in [6.45, 7) is 3.28. The van der Waals surface area contributed by atoms with Crippen molar-refractivity contribution >= 4 is 18.1 Å².